The van der Waals surface area contributed by atoms with Crippen molar-refractivity contribution in [3.63, 3.8) is 0 Å². The van der Waals surface area contributed by atoms with Gasteiger partial charge in [0.2, 0.25) is 5.91 Å². The van der Waals surface area contributed by atoms with Crippen LogP contribution in [0.1, 0.15) is 51.4 Å². The third-order valence-electron chi connectivity index (χ3n) is 3.88. The van der Waals surface area contributed by atoms with Crippen LogP contribution < -0.4 is 16.4 Å². The summed E-state index contributed by atoms with van der Waals surface area (Å²) < 4.78 is 0. The van der Waals surface area contributed by atoms with E-state index < -0.39 is 0 Å². The van der Waals surface area contributed by atoms with Gasteiger partial charge in [-0.1, -0.05) is 32.1 Å². The smallest absolute Gasteiger partial charge is 0.225 e. The van der Waals surface area contributed by atoms with Crippen LogP contribution in [0.3, 0.4) is 0 Å². The van der Waals surface area contributed by atoms with E-state index in [9.17, 15) is 4.79 Å². The number of pyridine rings is 1. The van der Waals surface area contributed by atoms with Crippen molar-refractivity contribution < 1.29 is 4.79 Å². The molecule has 0 radical (unpaired) electrons. The zero-order valence-electron chi connectivity index (χ0n) is 12.6. The van der Waals surface area contributed by atoms with Gasteiger partial charge in [-0.25, -0.2) is 4.98 Å². The Morgan fingerprint density at radius 3 is 2.52 bits per heavy atom. The zero-order chi connectivity index (χ0) is 14.9. The number of nitrogens with two attached hydrogens (primary N) is 1. The average molecular weight is 290 g/mol. The first-order valence-electron chi connectivity index (χ1n) is 8.00. The molecule has 5 nitrogen and oxygen atoms in total. The molecular weight excluding hydrogens is 264 g/mol. The SMILES string of the molecule is NCCC(=O)Nc1ccc(NC2CCCCCCC2)nc1. The molecule has 1 aromatic rings. The second kappa shape index (κ2) is 8.62. The summed E-state index contributed by atoms with van der Waals surface area (Å²) in [5.41, 5.74) is 6.07. The van der Waals surface area contributed by atoms with Crippen molar-refractivity contribution in [2.75, 3.05) is 17.2 Å². The molecule has 21 heavy (non-hydrogen) atoms. The summed E-state index contributed by atoms with van der Waals surface area (Å²) in [4.78, 5) is 15.8. The van der Waals surface area contributed by atoms with Gasteiger partial charge in [-0.3, -0.25) is 4.79 Å². The maximum Gasteiger partial charge on any atom is 0.225 e. The van der Waals surface area contributed by atoms with Gasteiger partial charge in [0.05, 0.1) is 11.9 Å². The molecule has 1 fully saturated rings. The second-order valence-electron chi connectivity index (χ2n) is 5.71. The van der Waals surface area contributed by atoms with Gasteiger partial charge >= 0.3 is 0 Å². The lowest BCUT2D eigenvalue weighted by Crippen LogP contribution is -2.21. The first kappa shape index (κ1) is 15.8. The van der Waals surface area contributed by atoms with Crippen LogP contribution in [0, 0.1) is 0 Å². The highest BCUT2D eigenvalue weighted by Crippen LogP contribution is 2.20. The second-order valence-corrected chi connectivity index (χ2v) is 5.71. The van der Waals surface area contributed by atoms with Crippen LogP contribution in [0.5, 0.6) is 0 Å². The Bertz CT molecular complexity index is 424. The van der Waals surface area contributed by atoms with E-state index in [1.54, 1.807) is 6.20 Å². The highest BCUT2D eigenvalue weighted by Gasteiger charge is 2.11. The fourth-order valence-electron chi connectivity index (χ4n) is 2.72. The van der Waals surface area contributed by atoms with E-state index in [-0.39, 0.29) is 5.91 Å². The van der Waals surface area contributed by atoms with E-state index in [0.29, 0.717) is 19.0 Å². The number of hydrogen-bond donors (Lipinski definition) is 3. The molecule has 1 aliphatic carbocycles. The first-order valence-corrected chi connectivity index (χ1v) is 8.00. The minimum absolute atomic E-state index is 0.0694. The predicted molar refractivity (Wildman–Crippen MR) is 86.3 cm³/mol. The van der Waals surface area contributed by atoms with Crippen LogP contribution in [-0.2, 0) is 4.79 Å². The van der Waals surface area contributed by atoms with Gasteiger partial charge in [0, 0.05) is 19.0 Å². The lowest BCUT2D eigenvalue weighted by molar-refractivity contribution is -0.116. The molecule has 1 heterocycles. The molecule has 4 N–H and O–H groups in total. The first-order chi connectivity index (χ1) is 10.3. The highest BCUT2D eigenvalue weighted by atomic mass is 16.1. The lowest BCUT2D eigenvalue weighted by atomic mass is 9.97. The summed E-state index contributed by atoms with van der Waals surface area (Å²) in [5, 5.41) is 6.29. The van der Waals surface area contributed by atoms with Crippen molar-refractivity contribution in [3.8, 4) is 0 Å². The summed E-state index contributed by atoms with van der Waals surface area (Å²) in [6.07, 6.45) is 11.1. The molecule has 0 aliphatic heterocycles. The largest absolute Gasteiger partial charge is 0.367 e. The molecule has 1 aliphatic rings. The van der Waals surface area contributed by atoms with Crippen LogP contribution >= 0.6 is 0 Å². The third-order valence-corrected chi connectivity index (χ3v) is 3.88. The number of hydrogen-bond acceptors (Lipinski definition) is 4. The quantitative estimate of drug-likeness (QED) is 0.779. The molecule has 0 atom stereocenters. The van der Waals surface area contributed by atoms with Crippen molar-refractivity contribution >= 4 is 17.4 Å². The molecule has 1 amide bonds. The third kappa shape index (κ3) is 5.71. The Balaban J connectivity index is 1.84. The number of carbonyl (C=O) groups is 1. The van der Waals surface area contributed by atoms with Gasteiger partial charge in [-0.05, 0) is 25.0 Å². The molecule has 1 saturated carbocycles. The summed E-state index contributed by atoms with van der Waals surface area (Å²) in [6.45, 7) is 0.362. The molecule has 1 aromatic heterocycles. The summed E-state index contributed by atoms with van der Waals surface area (Å²) >= 11 is 0. The topological polar surface area (TPSA) is 80.0 Å². The van der Waals surface area contributed by atoms with Gasteiger partial charge in [0.15, 0.2) is 0 Å². The van der Waals surface area contributed by atoms with Crippen LogP contribution in [0.25, 0.3) is 0 Å². The van der Waals surface area contributed by atoms with Crippen molar-refractivity contribution in [2.24, 2.45) is 5.73 Å². The van der Waals surface area contributed by atoms with Gasteiger partial charge in [-0.15, -0.1) is 0 Å². The molecule has 0 unspecified atom stereocenters. The Morgan fingerprint density at radius 2 is 1.90 bits per heavy atom. The number of rotatable bonds is 5. The minimum Gasteiger partial charge on any atom is -0.367 e. The van der Waals surface area contributed by atoms with Crippen molar-refractivity contribution in [1.82, 2.24) is 4.98 Å². The normalized spacial score (nSPS) is 16.8. The lowest BCUT2D eigenvalue weighted by Gasteiger charge is -2.21. The van der Waals surface area contributed by atoms with E-state index in [0.717, 1.165) is 11.5 Å². The fraction of sp³-hybridized carbons (Fsp3) is 0.625. The maximum absolute atomic E-state index is 11.5. The van der Waals surface area contributed by atoms with Crippen LogP contribution in [-0.4, -0.2) is 23.5 Å². The average Bonchev–Trinajstić information content (AvgIpc) is 2.44. The fourth-order valence-corrected chi connectivity index (χ4v) is 2.72. The molecule has 0 saturated heterocycles. The Kier molecular flexibility index (Phi) is 6.47. The molecule has 5 heteroatoms. The summed E-state index contributed by atoms with van der Waals surface area (Å²) in [7, 11) is 0. The van der Waals surface area contributed by atoms with E-state index in [4.69, 9.17) is 5.73 Å². The molecular formula is C16H26N4O. The van der Waals surface area contributed by atoms with Crippen LogP contribution in [0.4, 0.5) is 11.5 Å². The maximum atomic E-state index is 11.5. The predicted octanol–water partition coefficient (Wildman–Crippen LogP) is 2.89. The molecule has 2 rings (SSSR count). The van der Waals surface area contributed by atoms with Gasteiger partial charge in [0.25, 0.3) is 0 Å². The Morgan fingerprint density at radius 1 is 1.19 bits per heavy atom. The molecule has 116 valence electrons. The number of nitrogens with one attached hydrogen (secondary N) is 2. The molecule has 0 bridgehead atoms. The van der Waals surface area contributed by atoms with E-state index in [1.807, 2.05) is 12.1 Å². The van der Waals surface area contributed by atoms with Crippen LogP contribution in [0.2, 0.25) is 0 Å². The van der Waals surface area contributed by atoms with Gasteiger partial charge < -0.3 is 16.4 Å². The van der Waals surface area contributed by atoms with Gasteiger partial charge in [-0.2, -0.15) is 0 Å². The number of nitrogens with zero attached hydrogens (tertiary/aromatic N) is 1. The number of amides is 1. The highest BCUT2D eigenvalue weighted by molar-refractivity contribution is 5.90. The number of anilines is 2. The standard InChI is InChI=1S/C16H26N4O/c17-11-10-16(21)20-14-8-9-15(18-12-14)19-13-6-4-2-1-3-5-7-13/h8-9,12-13H,1-7,10-11,17H2,(H,18,19)(H,20,21). The van der Waals surface area contributed by atoms with E-state index >= 15 is 0 Å². The zero-order valence-corrected chi connectivity index (χ0v) is 12.6. The van der Waals surface area contributed by atoms with Crippen molar-refractivity contribution in [2.45, 2.75) is 57.4 Å². The number of aromatic nitrogens is 1. The molecule has 0 spiro atoms. The van der Waals surface area contributed by atoms with Crippen LogP contribution in [0.15, 0.2) is 18.3 Å². The minimum atomic E-state index is -0.0694. The van der Waals surface area contributed by atoms with Crippen molar-refractivity contribution in [1.29, 1.82) is 0 Å². The van der Waals surface area contributed by atoms with Gasteiger partial charge in [0.1, 0.15) is 5.82 Å². The summed E-state index contributed by atoms with van der Waals surface area (Å²) in [5.74, 6) is 0.817. The van der Waals surface area contributed by atoms with E-state index in [2.05, 4.69) is 15.6 Å². The Hall–Kier alpha value is -1.62. The Labute approximate surface area is 126 Å². The summed E-state index contributed by atoms with van der Waals surface area (Å²) in [6, 6.07) is 4.33. The van der Waals surface area contributed by atoms with E-state index in [1.165, 1.54) is 44.9 Å². The monoisotopic (exact) mass is 290 g/mol. The van der Waals surface area contributed by atoms with Crippen molar-refractivity contribution in [3.05, 3.63) is 18.3 Å². The molecule has 0 aromatic carbocycles. The number of carbonyl (C=O) groups excluding carboxylic acids is 1.